The number of rotatable bonds is 5. The molecule has 1 fully saturated rings. The molecule has 3 amide bonds. The minimum atomic E-state index is -1.37. The van der Waals surface area contributed by atoms with Crippen molar-refractivity contribution >= 4 is 28.7 Å². The number of hydrogen-bond acceptors (Lipinski definition) is 6. The van der Waals surface area contributed by atoms with Gasteiger partial charge in [0.25, 0.3) is 5.91 Å². The number of nitrogens with one attached hydrogen (secondary N) is 2. The van der Waals surface area contributed by atoms with Crippen molar-refractivity contribution in [1.29, 1.82) is 0 Å². The highest BCUT2D eigenvalue weighted by atomic mass is 16.5. The molecule has 2 aromatic carbocycles. The highest BCUT2D eigenvalue weighted by Crippen LogP contribution is 2.39. The van der Waals surface area contributed by atoms with Crippen LogP contribution >= 0.6 is 0 Å². The SMILES string of the molecule is COc1ccc2c(c1)C(=O)N(C[C@@]1(c3cc4cc(-c5c[nH]ccc5=O)ccc4o3)CC(=O)NC1=O)C2. The number of benzene rings is 2. The number of nitrogens with zero attached hydrogens (tertiary/aromatic N) is 1. The van der Waals surface area contributed by atoms with Gasteiger partial charge >= 0.3 is 0 Å². The number of amides is 3. The topological polar surface area (TPSA) is 122 Å². The molecule has 180 valence electrons. The zero-order chi connectivity index (χ0) is 25.0. The van der Waals surface area contributed by atoms with Crippen molar-refractivity contribution in [2.24, 2.45) is 0 Å². The molecule has 0 unspecified atom stereocenters. The van der Waals surface area contributed by atoms with Crippen LogP contribution in [0.5, 0.6) is 5.75 Å². The summed E-state index contributed by atoms with van der Waals surface area (Å²) in [6.07, 6.45) is 3.05. The molecule has 0 aliphatic carbocycles. The third kappa shape index (κ3) is 3.31. The highest BCUT2D eigenvalue weighted by molar-refractivity contribution is 6.10. The molecule has 0 saturated carbocycles. The lowest BCUT2D eigenvalue weighted by Gasteiger charge is -2.28. The maximum absolute atomic E-state index is 13.2. The third-order valence-corrected chi connectivity index (χ3v) is 6.93. The molecule has 6 rings (SSSR count). The van der Waals surface area contributed by atoms with Gasteiger partial charge in [-0.15, -0.1) is 0 Å². The Bertz CT molecular complexity index is 1630. The van der Waals surface area contributed by atoms with E-state index in [9.17, 15) is 19.2 Å². The van der Waals surface area contributed by atoms with E-state index in [-0.39, 0.29) is 24.3 Å². The second-order valence-electron chi connectivity index (χ2n) is 9.11. The molecule has 2 aliphatic rings. The first kappa shape index (κ1) is 21.8. The van der Waals surface area contributed by atoms with Crippen molar-refractivity contribution in [2.45, 2.75) is 18.4 Å². The fraction of sp³-hybridized carbons (Fsp3) is 0.185. The molecule has 2 aliphatic heterocycles. The second-order valence-corrected chi connectivity index (χ2v) is 9.11. The van der Waals surface area contributed by atoms with Crippen LogP contribution in [0.1, 0.15) is 28.1 Å². The minimum absolute atomic E-state index is 0.0224. The number of ether oxygens (including phenoxy) is 1. The zero-order valence-electron chi connectivity index (χ0n) is 19.3. The summed E-state index contributed by atoms with van der Waals surface area (Å²) in [5, 5.41) is 3.06. The van der Waals surface area contributed by atoms with Crippen LogP contribution in [0.15, 0.2) is 70.1 Å². The number of pyridine rings is 1. The van der Waals surface area contributed by atoms with E-state index in [1.165, 1.54) is 13.2 Å². The van der Waals surface area contributed by atoms with Crippen molar-refractivity contribution < 1.29 is 23.5 Å². The summed E-state index contributed by atoms with van der Waals surface area (Å²) in [6.45, 7) is 0.286. The summed E-state index contributed by atoms with van der Waals surface area (Å²) in [7, 11) is 1.53. The van der Waals surface area contributed by atoms with Crippen LogP contribution in [0.3, 0.4) is 0 Å². The Labute approximate surface area is 204 Å². The van der Waals surface area contributed by atoms with E-state index in [4.69, 9.17) is 9.15 Å². The first-order valence-corrected chi connectivity index (χ1v) is 11.4. The number of carbonyl (C=O) groups is 3. The van der Waals surface area contributed by atoms with Crippen molar-refractivity contribution in [1.82, 2.24) is 15.2 Å². The Hall–Kier alpha value is -4.66. The number of carbonyl (C=O) groups excluding carboxylic acids is 3. The predicted octanol–water partition coefficient (Wildman–Crippen LogP) is 2.74. The lowest BCUT2D eigenvalue weighted by atomic mass is 9.82. The monoisotopic (exact) mass is 483 g/mol. The van der Waals surface area contributed by atoms with Crippen LogP contribution in [0.4, 0.5) is 0 Å². The van der Waals surface area contributed by atoms with E-state index in [0.717, 1.165) is 5.56 Å². The molecule has 0 radical (unpaired) electrons. The molecule has 4 heterocycles. The average molecular weight is 483 g/mol. The molecule has 9 heteroatoms. The average Bonchev–Trinajstić information content (AvgIpc) is 3.52. The Kier molecular flexibility index (Phi) is 4.82. The molecule has 2 aromatic heterocycles. The van der Waals surface area contributed by atoms with E-state index in [0.29, 0.717) is 45.7 Å². The summed E-state index contributed by atoms with van der Waals surface area (Å²) in [4.78, 5) is 55.5. The van der Waals surface area contributed by atoms with Gasteiger partial charge in [0, 0.05) is 48.1 Å². The Morgan fingerprint density at radius 1 is 1.03 bits per heavy atom. The normalized spacial score (nSPS) is 19.1. The Morgan fingerprint density at radius 3 is 2.64 bits per heavy atom. The second kappa shape index (κ2) is 7.94. The minimum Gasteiger partial charge on any atom is -0.497 e. The molecule has 1 atom stereocenters. The number of H-pyrrole nitrogens is 1. The standard InChI is InChI=1S/C27H21N3O6/c1-35-18-4-2-16-13-30(25(33)19(16)10-18)14-27(11-24(32)29-26(27)34)23-9-17-8-15(3-5-22(17)36-23)20-12-28-7-6-21(20)31/h2-10,12H,11,13-14H2,1H3,(H,28,31)(H,29,32,34)/t27-/m1/s1. The first-order chi connectivity index (χ1) is 17.4. The van der Waals surface area contributed by atoms with Gasteiger partial charge in [-0.05, 0) is 41.5 Å². The Balaban J connectivity index is 1.40. The van der Waals surface area contributed by atoms with Crippen molar-refractivity contribution in [2.75, 3.05) is 13.7 Å². The predicted molar refractivity (Wildman–Crippen MR) is 129 cm³/mol. The summed E-state index contributed by atoms with van der Waals surface area (Å²) in [6, 6.07) is 13.7. The number of hydrogen-bond donors (Lipinski definition) is 2. The molecule has 0 bridgehead atoms. The van der Waals surface area contributed by atoms with E-state index in [2.05, 4.69) is 10.3 Å². The fourth-order valence-electron chi connectivity index (χ4n) is 5.06. The smallest absolute Gasteiger partial charge is 0.254 e. The maximum atomic E-state index is 13.2. The maximum Gasteiger partial charge on any atom is 0.254 e. The molecule has 36 heavy (non-hydrogen) atoms. The molecule has 4 aromatic rings. The van der Waals surface area contributed by atoms with Crippen molar-refractivity contribution in [3.05, 3.63) is 88.0 Å². The quantitative estimate of drug-likeness (QED) is 0.421. The van der Waals surface area contributed by atoms with Crippen LogP contribution in [0, 0.1) is 0 Å². The summed E-state index contributed by atoms with van der Waals surface area (Å²) < 4.78 is 11.3. The third-order valence-electron chi connectivity index (χ3n) is 6.93. The molecule has 9 nitrogen and oxygen atoms in total. The molecule has 1 saturated heterocycles. The molecule has 0 spiro atoms. The van der Waals surface area contributed by atoms with Gasteiger partial charge < -0.3 is 19.0 Å². The van der Waals surface area contributed by atoms with Gasteiger partial charge in [-0.3, -0.25) is 24.5 Å². The van der Waals surface area contributed by atoms with Crippen LogP contribution < -0.4 is 15.5 Å². The molecular weight excluding hydrogens is 462 g/mol. The van der Waals surface area contributed by atoms with E-state index in [1.54, 1.807) is 53.7 Å². The van der Waals surface area contributed by atoms with Crippen molar-refractivity contribution in [3.8, 4) is 16.9 Å². The van der Waals surface area contributed by atoms with E-state index >= 15 is 0 Å². The number of methoxy groups -OCH3 is 1. The molecular formula is C27H21N3O6. The number of aromatic amines is 1. The Morgan fingerprint density at radius 2 is 1.89 bits per heavy atom. The van der Waals surface area contributed by atoms with Gasteiger partial charge in [0.2, 0.25) is 11.8 Å². The van der Waals surface area contributed by atoms with Gasteiger partial charge in [0.15, 0.2) is 5.43 Å². The van der Waals surface area contributed by atoms with Gasteiger partial charge in [0.1, 0.15) is 22.5 Å². The largest absolute Gasteiger partial charge is 0.497 e. The summed E-state index contributed by atoms with van der Waals surface area (Å²) in [5.41, 5.74) is 1.53. The van der Waals surface area contributed by atoms with Gasteiger partial charge in [-0.25, -0.2) is 0 Å². The first-order valence-electron chi connectivity index (χ1n) is 11.4. The zero-order valence-corrected chi connectivity index (χ0v) is 19.3. The number of fused-ring (bicyclic) bond motifs is 2. The fourth-order valence-corrected chi connectivity index (χ4v) is 5.06. The lowest BCUT2D eigenvalue weighted by Crippen LogP contribution is -2.46. The summed E-state index contributed by atoms with van der Waals surface area (Å²) >= 11 is 0. The van der Waals surface area contributed by atoms with E-state index in [1.807, 2.05) is 6.07 Å². The number of imide groups is 1. The van der Waals surface area contributed by atoms with E-state index < -0.39 is 17.2 Å². The van der Waals surface area contributed by atoms with Crippen LogP contribution in [0.25, 0.3) is 22.1 Å². The molecule has 2 N–H and O–H groups in total. The summed E-state index contributed by atoms with van der Waals surface area (Å²) in [5.74, 6) is -0.313. The van der Waals surface area contributed by atoms with Gasteiger partial charge in [-0.2, -0.15) is 0 Å². The lowest BCUT2D eigenvalue weighted by molar-refractivity contribution is -0.127. The highest BCUT2D eigenvalue weighted by Gasteiger charge is 2.53. The number of aromatic nitrogens is 1. The van der Waals surface area contributed by atoms with Gasteiger partial charge in [-0.1, -0.05) is 12.1 Å². The van der Waals surface area contributed by atoms with Crippen molar-refractivity contribution in [3.63, 3.8) is 0 Å². The number of furan rings is 1. The van der Waals surface area contributed by atoms with Crippen LogP contribution in [-0.2, 0) is 21.5 Å². The van der Waals surface area contributed by atoms with Crippen LogP contribution in [-0.4, -0.2) is 41.3 Å². The van der Waals surface area contributed by atoms with Gasteiger partial charge in [0.05, 0.1) is 13.5 Å². The van der Waals surface area contributed by atoms with Crippen LogP contribution in [0.2, 0.25) is 0 Å².